The summed E-state index contributed by atoms with van der Waals surface area (Å²) in [5.74, 6) is 2.41. The molecule has 19 heavy (non-hydrogen) atoms. The van der Waals surface area contributed by atoms with Crippen LogP contribution < -0.4 is 15.8 Å². The van der Waals surface area contributed by atoms with Crippen LogP contribution >= 0.6 is 0 Å². The maximum atomic E-state index is 5.82. The van der Waals surface area contributed by atoms with Crippen molar-refractivity contribution in [2.45, 2.75) is 19.8 Å². The number of nitrogens with two attached hydrogens (primary N) is 1. The summed E-state index contributed by atoms with van der Waals surface area (Å²) < 4.78 is 5.82. The highest BCUT2D eigenvalue weighted by atomic mass is 16.5. The van der Waals surface area contributed by atoms with E-state index in [0.717, 1.165) is 11.3 Å². The van der Waals surface area contributed by atoms with Crippen molar-refractivity contribution in [3.8, 4) is 11.6 Å². The zero-order valence-electron chi connectivity index (χ0n) is 11.3. The Hall–Kier alpha value is -2.30. The third-order valence-electron chi connectivity index (χ3n) is 2.73. The van der Waals surface area contributed by atoms with Gasteiger partial charge in [-0.25, -0.2) is 0 Å². The van der Waals surface area contributed by atoms with E-state index in [2.05, 4.69) is 29.1 Å². The minimum atomic E-state index is 0.184. The van der Waals surface area contributed by atoms with E-state index in [4.69, 9.17) is 10.5 Å². The Bertz CT molecular complexity index is 569. The number of para-hydroxylation sites is 1. The molecule has 0 spiro atoms. The molecule has 0 radical (unpaired) electrons. The normalized spacial score (nSPS) is 10.5. The van der Waals surface area contributed by atoms with Gasteiger partial charge in [-0.1, -0.05) is 32.0 Å². The van der Waals surface area contributed by atoms with Gasteiger partial charge >= 0.3 is 0 Å². The summed E-state index contributed by atoms with van der Waals surface area (Å²) in [5.41, 5.74) is 6.77. The predicted molar refractivity (Wildman–Crippen MR) is 76.6 cm³/mol. The summed E-state index contributed by atoms with van der Waals surface area (Å²) in [4.78, 5) is 8.11. The molecule has 0 bridgehead atoms. The molecule has 0 amide bonds. The summed E-state index contributed by atoms with van der Waals surface area (Å²) in [6.45, 7) is 4.24. The monoisotopic (exact) mass is 258 g/mol. The first kappa shape index (κ1) is 13.1. The van der Waals surface area contributed by atoms with Crippen molar-refractivity contribution in [2.75, 3.05) is 18.1 Å². The van der Waals surface area contributed by atoms with Crippen LogP contribution in [-0.2, 0) is 0 Å². The fourth-order valence-electron chi connectivity index (χ4n) is 1.79. The molecule has 3 N–H and O–H groups in total. The minimum Gasteiger partial charge on any atom is -0.438 e. The number of hydrogen-bond acceptors (Lipinski definition) is 5. The zero-order chi connectivity index (χ0) is 13.8. The van der Waals surface area contributed by atoms with E-state index in [9.17, 15) is 0 Å². The summed E-state index contributed by atoms with van der Waals surface area (Å²) in [6, 6.07) is 9.62. The number of nitrogens with zero attached hydrogens (tertiary/aromatic N) is 2. The number of anilines is 2. The Morgan fingerprint density at radius 3 is 2.63 bits per heavy atom. The Labute approximate surface area is 112 Å². The molecule has 0 fully saturated rings. The summed E-state index contributed by atoms with van der Waals surface area (Å²) >= 11 is 0. The van der Waals surface area contributed by atoms with Gasteiger partial charge in [0.05, 0.1) is 0 Å². The maximum Gasteiger partial charge on any atom is 0.226 e. The second-order valence-electron chi connectivity index (χ2n) is 4.49. The van der Waals surface area contributed by atoms with E-state index in [1.54, 1.807) is 13.1 Å². The molecule has 0 saturated carbocycles. The lowest BCUT2D eigenvalue weighted by Crippen LogP contribution is -2.02. The largest absolute Gasteiger partial charge is 0.438 e. The molecule has 5 heteroatoms. The molecular formula is C14H18N4O. The minimum absolute atomic E-state index is 0.184. The van der Waals surface area contributed by atoms with Crippen molar-refractivity contribution >= 4 is 11.8 Å². The Balaban J connectivity index is 2.33. The molecule has 0 unspecified atom stereocenters. The first-order valence-corrected chi connectivity index (χ1v) is 6.19. The third-order valence-corrected chi connectivity index (χ3v) is 2.73. The highest BCUT2D eigenvalue weighted by molar-refractivity contribution is 5.45. The van der Waals surface area contributed by atoms with Crippen LogP contribution in [-0.4, -0.2) is 17.0 Å². The smallest absolute Gasteiger partial charge is 0.226 e. The van der Waals surface area contributed by atoms with Crippen LogP contribution in [0.4, 0.5) is 11.8 Å². The van der Waals surface area contributed by atoms with Crippen molar-refractivity contribution < 1.29 is 4.74 Å². The molecule has 2 aromatic rings. The first-order chi connectivity index (χ1) is 9.10. The molecule has 1 aromatic heterocycles. The van der Waals surface area contributed by atoms with Gasteiger partial charge in [-0.2, -0.15) is 9.97 Å². The molecule has 0 saturated heterocycles. The maximum absolute atomic E-state index is 5.82. The average molecular weight is 258 g/mol. The molecule has 2 rings (SSSR count). The Morgan fingerprint density at radius 2 is 1.95 bits per heavy atom. The molecule has 100 valence electrons. The fraction of sp³-hybridized carbons (Fsp3) is 0.286. The van der Waals surface area contributed by atoms with Gasteiger partial charge in [-0.15, -0.1) is 0 Å². The van der Waals surface area contributed by atoms with Gasteiger partial charge in [-0.3, -0.25) is 0 Å². The number of nitrogen functional groups attached to an aromatic ring is 1. The number of aromatic nitrogens is 2. The van der Waals surface area contributed by atoms with Crippen LogP contribution in [0.3, 0.4) is 0 Å². The van der Waals surface area contributed by atoms with Gasteiger partial charge in [0.25, 0.3) is 0 Å². The summed E-state index contributed by atoms with van der Waals surface area (Å²) in [7, 11) is 1.77. The summed E-state index contributed by atoms with van der Waals surface area (Å²) in [6.07, 6.45) is 0. The van der Waals surface area contributed by atoms with Crippen LogP contribution in [0.25, 0.3) is 0 Å². The fourth-order valence-corrected chi connectivity index (χ4v) is 1.79. The highest BCUT2D eigenvalue weighted by Crippen LogP contribution is 2.30. The number of rotatable bonds is 4. The van der Waals surface area contributed by atoms with Crippen LogP contribution in [0.5, 0.6) is 11.6 Å². The lowest BCUT2D eigenvalue weighted by Gasteiger charge is -2.13. The quantitative estimate of drug-likeness (QED) is 0.881. The predicted octanol–water partition coefficient (Wildman–Crippen LogP) is 3.02. The average Bonchev–Trinajstić information content (AvgIpc) is 2.38. The van der Waals surface area contributed by atoms with Crippen molar-refractivity contribution in [2.24, 2.45) is 0 Å². The second kappa shape index (κ2) is 5.56. The number of hydrogen-bond donors (Lipinski definition) is 2. The number of ether oxygens (including phenoxy) is 1. The molecule has 0 atom stereocenters. The SMILES string of the molecule is CNc1cc(Oc2ccccc2C(C)C)nc(N)n1. The third kappa shape index (κ3) is 3.13. The molecular weight excluding hydrogens is 240 g/mol. The second-order valence-corrected chi connectivity index (χ2v) is 4.49. The van der Waals surface area contributed by atoms with E-state index in [1.165, 1.54) is 0 Å². The van der Waals surface area contributed by atoms with E-state index in [0.29, 0.717) is 17.6 Å². The Kier molecular flexibility index (Phi) is 3.85. The van der Waals surface area contributed by atoms with E-state index >= 15 is 0 Å². The van der Waals surface area contributed by atoms with Gasteiger partial charge < -0.3 is 15.8 Å². The number of benzene rings is 1. The van der Waals surface area contributed by atoms with E-state index in [1.807, 2.05) is 24.3 Å². The zero-order valence-corrected chi connectivity index (χ0v) is 11.3. The van der Waals surface area contributed by atoms with E-state index < -0.39 is 0 Å². The lowest BCUT2D eigenvalue weighted by atomic mass is 10.0. The van der Waals surface area contributed by atoms with Gasteiger partial charge in [0.2, 0.25) is 11.8 Å². The van der Waals surface area contributed by atoms with Crippen LogP contribution in [0, 0.1) is 0 Å². The van der Waals surface area contributed by atoms with Crippen LogP contribution in [0.1, 0.15) is 25.3 Å². The molecule has 0 aliphatic carbocycles. The topological polar surface area (TPSA) is 73.1 Å². The molecule has 0 aliphatic rings. The summed E-state index contributed by atoms with van der Waals surface area (Å²) in [5, 5.41) is 2.92. The van der Waals surface area contributed by atoms with E-state index in [-0.39, 0.29) is 5.95 Å². The van der Waals surface area contributed by atoms with Gasteiger partial charge in [0.15, 0.2) is 0 Å². The van der Waals surface area contributed by atoms with Gasteiger partial charge in [-0.05, 0) is 17.5 Å². The first-order valence-electron chi connectivity index (χ1n) is 6.19. The molecule has 0 aliphatic heterocycles. The van der Waals surface area contributed by atoms with Crippen molar-refractivity contribution in [1.29, 1.82) is 0 Å². The Morgan fingerprint density at radius 1 is 1.21 bits per heavy atom. The van der Waals surface area contributed by atoms with Gasteiger partial charge in [0, 0.05) is 13.1 Å². The van der Waals surface area contributed by atoms with Crippen molar-refractivity contribution in [3.63, 3.8) is 0 Å². The standard InChI is InChI=1S/C14H18N4O/c1-9(2)10-6-4-5-7-11(10)19-13-8-12(16-3)17-14(15)18-13/h4-9H,1-3H3,(H3,15,16,17,18). The van der Waals surface area contributed by atoms with Crippen molar-refractivity contribution in [3.05, 3.63) is 35.9 Å². The highest BCUT2D eigenvalue weighted by Gasteiger charge is 2.09. The molecule has 5 nitrogen and oxygen atoms in total. The van der Waals surface area contributed by atoms with Crippen LogP contribution in [0.2, 0.25) is 0 Å². The number of nitrogens with one attached hydrogen (secondary N) is 1. The molecule has 1 aromatic carbocycles. The van der Waals surface area contributed by atoms with Crippen molar-refractivity contribution in [1.82, 2.24) is 9.97 Å². The molecule has 1 heterocycles. The lowest BCUT2D eigenvalue weighted by molar-refractivity contribution is 0.454. The van der Waals surface area contributed by atoms with Gasteiger partial charge in [0.1, 0.15) is 11.6 Å². The van der Waals surface area contributed by atoms with Crippen LogP contribution in [0.15, 0.2) is 30.3 Å².